The first kappa shape index (κ1) is 28.6. The summed E-state index contributed by atoms with van der Waals surface area (Å²) in [6.45, 7) is 1.38. The molecule has 1 aliphatic rings. The molecule has 12 heteroatoms. The van der Waals surface area contributed by atoms with Gasteiger partial charge in [0.25, 0.3) is 0 Å². The number of hydrogen-bond acceptors (Lipinski definition) is 5. The van der Waals surface area contributed by atoms with E-state index in [1.54, 1.807) is 30.3 Å². The molecule has 1 amide bonds. The van der Waals surface area contributed by atoms with E-state index in [-0.39, 0.29) is 17.2 Å². The molecule has 2 atom stereocenters. The summed E-state index contributed by atoms with van der Waals surface area (Å²) in [4.78, 5) is 24.3. The van der Waals surface area contributed by atoms with Crippen LogP contribution in [-0.4, -0.2) is 37.0 Å². The van der Waals surface area contributed by atoms with Crippen molar-refractivity contribution in [2.24, 2.45) is 11.7 Å². The lowest BCUT2D eigenvalue weighted by atomic mass is 9.85. The molecule has 8 nitrogen and oxygen atoms in total. The summed E-state index contributed by atoms with van der Waals surface area (Å²) in [5, 5.41) is 12.3. The van der Waals surface area contributed by atoms with E-state index in [1.807, 2.05) is 0 Å². The van der Waals surface area contributed by atoms with Crippen LogP contribution in [0.3, 0.4) is 0 Å². The fraction of sp³-hybridized carbons (Fsp3) is 0.440. The Labute approximate surface area is 213 Å². The molecule has 0 spiro atoms. The van der Waals surface area contributed by atoms with Crippen LogP contribution in [-0.2, 0) is 25.8 Å². The molecule has 3 rings (SSSR count). The van der Waals surface area contributed by atoms with E-state index in [9.17, 15) is 36.3 Å². The Kier molecular flexibility index (Phi) is 8.66. The molecule has 0 radical (unpaired) electrons. The number of hydrogen-bond donors (Lipinski definition) is 4. The standard InChI is InChI=1S/C25H30F3N3O5S/c1-24(29,23(33)34)15-21(16-5-3-2-4-6-16)30-22(32)17-7-11-19(12-8-17)31-37(35,36)20-13-9-18(10-14-20)25(26,27)28/h2-6,9-10,13-14,17,19,21,31H,7-8,11-12,15,29H2,1H3,(H,30,32)(H,33,34)/t17?,19?,21-,24-/m0/s1. The molecular formula is C25H30F3N3O5S. The molecule has 0 aliphatic heterocycles. The molecule has 1 saturated carbocycles. The lowest BCUT2D eigenvalue weighted by Crippen LogP contribution is -2.49. The first-order valence-electron chi connectivity index (χ1n) is 11.8. The number of aliphatic carboxylic acids is 1. The number of alkyl halides is 3. The van der Waals surface area contributed by atoms with Gasteiger partial charge in [-0.25, -0.2) is 13.1 Å². The molecule has 1 fully saturated rings. The van der Waals surface area contributed by atoms with Gasteiger partial charge in [0.15, 0.2) is 0 Å². The predicted molar refractivity (Wildman–Crippen MR) is 130 cm³/mol. The number of carbonyl (C=O) groups is 2. The van der Waals surface area contributed by atoms with Crippen LogP contribution in [0, 0.1) is 5.92 Å². The summed E-state index contributed by atoms with van der Waals surface area (Å²) in [5.41, 5.74) is 4.14. The second kappa shape index (κ2) is 11.2. The van der Waals surface area contributed by atoms with Crippen LogP contribution < -0.4 is 15.8 Å². The normalized spacial score (nSPS) is 21.0. The van der Waals surface area contributed by atoms with Crippen molar-refractivity contribution < 1.29 is 36.3 Å². The van der Waals surface area contributed by atoms with Gasteiger partial charge >= 0.3 is 12.1 Å². The van der Waals surface area contributed by atoms with Crippen LogP contribution in [0.4, 0.5) is 13.2 Å². The zero-order valence-corrected chi connectivity index (χ0v) is 21.0. The number of rotatable bonds is 9. The third kappa shape index (κ3) is 7.53. The van der Waals surface area contributed by atoms with Crippen molar-refractivity contribution in [1.82, 2.24) is 10.0 Å². The van der Waals surface area contributed by atoms with Crippen molar-refractivity contribution >= 4 is 21.9 Å². The van der Waals surface area contributed by atoms with Gasteiger partial charge in [0.1, 0.15) is 5.54 Å². The maximum Gasteiger partial charge on any atom is 0.416 e. The molecule has 37 heavy (non-hydrogen) atoms. The van der Waals surface area contributed by atoms with Gasteiger partial charge in [-0.1, -0.05) is 30.3 Å². The monoisotopic (exact) mass is 541 g/mol. The number of carbonyl (C=O) groups excluding carboxylic acids is 1. The summed E-state index contributed by atoms with van der Waals surface area (Å²) < 4.78 is 66.0. The minimum absolute atomic E-state index is 0.0274. The lowest BCUT2D eigenvalue weighted by molar-refractivity contribution is -0.143. The first-order valence-corrected chi connectivity index (χ1v) is 13.2. The molecule has 0 aromatic heterocycles. The van der Waals surface area contributed by atoms with E-state index in [4.69, 9.17) is 5.73 Å². The maximum absolute atomic E-state index is 13.0. The number of carboxylic acid groups (broad SMARTS) is 1. The molecule has 0 saturated heterocycles. The second-order valence-electron chi connectivity index (χ2n) is 9.59. The largest absolute Gasteiger partial charge is 0.480 e. The van der Waals surface area contributed by atoms with Crippen molar-refractivity contribution in [1.29, 1.82) is 0 Å². The number of benzene rings is 2. The average molecular weight is 542 g/mol. The molecular weight excluding hydrogens is 511 g/mol. The maximum atomic E-state index is 13.0. The highest BCUT2D eigenvalue weighted by Gasteiger charge is 2.35. The number of sulfonamides is 1. The lowest BCUT2D eigenvalue weighted by Gasteiger charge is -2.31. The van der Waals surface area contributed by atoms with Crippen molar-refractivity contribution in [3.8, 4) is 0 Å². The smallest absolute Gasteiger partial charge is 0.416 e. The summed E-state index contributed by atoms with van der Waals surface area (Å²) >= 11 is 0. The summed E-state index contributed by atoms with van der Waals surface area (Å²) in [6, 6.07) is 11.1. The number of nitrogens with two attached hydrogens (primary N) is 1. The number of carboxylic acids is 1. The number of amides is 1. The Hall–Kier alpha value is -2.96. The second-order valence-corrected chi connectivity index (χ2v) is 11.3. The van der Waals surface area contributed by atoms with Crippen LogP contribution in [0.15, 0.2) is 59.5 Å². The van der Waals surface area contributed by atoms with Crippen molar-refractivity contribution in [2.75, 3.05) is 0 Å². The van der Waals surface area contributed by atoms with Gasteiger partial charge in [0.2, 0.25) is 15.9 Å². The molecule has 1 aliphatic carbocycles. The van der Waals surface area contributed by atoms with Crippen LogP contribution >= 0.6 is 0 Å². The van der Waals surface area contributed by atoms with Crippen molar-refractivity contribution in [2.45, 2.75) is 67.7 Å². The van der Waals surface area contributed by atoms with Gasteiger partial charge in [-0.2, -0.15) is 13.2 Å². The zero-order chi connectivity index (χ0) is 27.4. The predicted octanol–water partition coefficient (Wildman–Crippen LogP) is 3.59. The van der Waals surface area contributed by atoms with Crippen LogP contribution in [0.5, 0.6) is 0 Å². The highest BCUT2D eigenvalue weighted by atomic mass is 32.2. The van der Waals surface area contributed by atoms with E-state index in [0.29, 0.717) is 31.2 Å². The Balaban J connectivity index is 1.60. The Morgan fingerprint density at radius 2 is 1.59 bits per heavy atom. The Morgan fingerprint density at radius 1 is 1.03 bits per heavy atom. The minimum atomic E-state index is -4.56. The van der Waals surface area contributed by atoms with Crippen LogP contribution in [0.1, 0.15) is 56.2 Å². The number of nitrogens with one attached hydrogen (secondary N) is 2. The van der Waals surface area contributed by atoms with Crippen molar-refractivity contribution in [3.63, 3.8) is 0 Å². The SMILES string of the molecule is C[C@](N)(C[C@H](NC(=O)C1CCC(NS(=O)(=O)c2ccc(C(F)(F)F)cc2)CC1)c1ccccc1)C(=O)O. The molecule has 5 N–H and O–H groups in total. The Morgan fingerprint density at radius 3 is 2.11 bits per heavy atom. The molecule has 202 valence electrons. The van der Waals surface area contributed by atoms with Gasteiger partial charge in [-0.3, -0.25) is 9.59 Å². The van der Waals surface area contributed by atoms with Crippen LogP contribution in [0.25, 0.3) is 0 Å². The summed E-state index contributed by atoms with van der Waals surface area (Å²) in [6.07, 6.45) is -3.11. The minimum Gasteiger partial charge on any atom is -0.480 e. The quantitative estimate of drug-likeness (QED) is 0.383. The first-order chi connectivity index (χ1) is 17.2. The third-order valence-electron chi connectivity index (χ3n) is 6.55. The fourth-order valence-electron chi connectivity index (χ4n) is 4.32. The van der Waals surface area contributed by atoms with E-state index < -0.39 is 51.3 Å². The highest BCUT2D eigenvalue weighted by Crippen LogP contribution is 2.31. The van der Waals surface area contributed by atoms with Gasteiger partial charge in [0.05, 0.1) is 16.5 Å². The molecule has 0 unspecified atom stereocenters. The van der Waals surface area contributed by atoms with E-state index in [1.165, 1.54) is 6.92 Å². The number of halogens is 3. The molecule has 0 heterocycles. The van der Waals surface area contributed by atoms with Gasteiger partial charge in [0, 0.05) is 18.4 Å². The summed E-state index contributed by atoms with van der Waals surface area (Å²) in [5.74, 6) is -1.88. The summed E-state index contributed by atoms with van der Waals surface area (Å²) in [7, 11) is -4.03. The molecule has 0 bridgehead atoms. The van der Waals surface area contributed by atoms with Crippen molar-refractivity contribution in [3.05, 3.63) is 65.7 Å². The fourth-order valence-corrected chi connectivity index (χ4v) is 5.63. The van der Waals surface area contributed by atoms with E-state index >= 15 is 0 Å². The van der Waals surface area contributed by atoms with Gasteiger partial charge in [-0.05, 0) is 62.4 Å². The molecule has 2 aromatic carbocycles. The van der Waals surface area contributed by atoms with Gasteiger partial charge in [-0.15, -0.1) is 0 Å². The van der Waals surface area contributed by atoms with E-state index in [2.05, 4.69) is 10.0 Å². The highest BCUT2D eigenvalue weighted by molar-refractivity contribution is 7.89. The zero-order valence-electron chi connectivity index (χ0n) is 20.2. The topological polar surface area (TPSA) is 139 Å². The molecule has 2 aromatic rings. The average Bonchev–Trinajstić information content (AvgIpc) is 2.83. The Bertz CT molecular complexity index is 1190. The van der Waals surface area contributed by atoms with Gasteiger partial charge < -0.3 is 16.2 Å². The van der Waals surface area contributed by atoms with E-state index in [0.717, 1.165) is 24.3 Å². The third-order valence-corrected chi connectivity index (χ3v) is 8.08. The van der Waals surface area contributed by atoms with Crippen LogP contribution in [0.2, 0.25) is 0 Å².